The van der Waals surface area contributed by atoms with Gasteiger partial charge >= 0.3 is 0 Å². The molecule has 0 aromatic heterocycles. The number of anilines is 1. The van der Waals surface area contributed by atoms with Crippen molar-refractivity contribution in [1.29, 1.82) is 0 Å². The molecule has 0 radical (unpaired) electrons. The molecule has 0 spiro atoms. The molecule has 0 N–H and O–H groups in total. The molecule has 0 saturated heterocycles. The van der Waals surface area contributed by atoms with E-state index in [0.29, 0.717) is 5.92 Å². The molecule has 0 saturated carbocycles. The topological polar surface area (TPSA) is 29.5 Å². The molecule has 3 heteroatoms. The van der Waals surface area contributed by atoms with E-state index in [2.05, 4.69) is 44.7 Å². The molecule has 1 aromatic rings. The number of ether oxygens (including phenoxy) is 1. The second kappa shape index (κ2) is 7.48. The third-order valence-electron chi connectivity index (χ3n) is 5.00. The SMILES string of the molecule is CCCCOCCN1c2cc(C)c(C=O)cc2C(C)CC1(C)C. The Morgan fingerprint density at radius 2 is 2.09 bits per heavy atom. The van der Waals surface area contributed by atoms with Crippen molar-refractivity contribution in [2.24, 2.45) is 0 Å². The summed E-state index contributed by atoms with van der Waals surface area (Å²) < 4.78 is 5.79. The van der Waals surface area contributed by atoms with E-state index in [4.69, 9.17) is 4.74 Å². The third kappa shape index (κ3) is 3.95. The van der Waals surface area contributed by atoms with Crippen molar-refractivity contribution in [3.63, 3.8) is 0 Å². The van der Waals surface area contributed by atoms with Crippen LogP contribution in [0.5, 0.6) is 0 Å². The van der Waals surface area contributed by atoms with Crippen LogP contribution in [0, 0.1) is 6.92 Å². The van der Waals surface area contributed by atoms with Crippen LogP contribution in [0.25, 0.3) is 0 Å². The predicted molar refractivity (Wildman–Crippen MR) is 96.8 cm³/mol. The van der Waals surface area contributed by atoms with Crippen molar-refractivity contribution in [2.45, 2.75) is 65.3 Å². The van der Waals surface area contributed by atoms with Crippen molar-refractivity contribution >= 4 is 12.0 Å². The van der Waals surface area contributed by atoms with E-state index < -0.39 is 0 Å². The average Bonchev–Trinajstić information content (AvgIpc) is 2.48. The Bertz CT molecular complexity index is 551. The molecular weight excluding hydrogens is 286 g/mol. The summed E-state index contributed by atoms with van der Waals surface area (Å²) in [6, 6.07) is 4.27. The highest BCUT2D eigenvalue weighted by Crippen LogP contribution is 2.44. The van der Waals surface area contributed by atoms with Gasteiger partial charge in [-0.05, 0) is 62.8 Å². The summed E-state index contributed by atoms with van der Waals surface area (Å²) in [5.74, 6) is 0.469. The maximum Gasteiger partial charge on any atom is 0.150 e. The lowest BCUT2D eigenvalue weighted by Gasteiger charge is -2.47. The fourth-order valence-corrected chi connectivity index (χ4v) is 3.71. The Labute approximate surface area is 141 Å². The summed E-state index contributed by atoms with van der Waals surface area (Å²) in [7, 11) is 0. The lowest BCUT2D eigenvalue weighted by molar-refractivity contribution is 0.112. The van der Waals surface area contributed by atoms with E-state index in [1.54, 1.807) is 0 Å². The zero-order valence-corrected chi connectivity index (χ0v) is 15.3. The van der Waals surface area contributed by atoms with Gasteiger partial charge in [-0.25, -0.2) is 0 Å². The quantitative estimate of drug-likeness (QED) is 0.538. The molecule has 1 atom stereocenters. The maximum atomic E-state index is 11.3. The van der Waals surface area contributed by atoms with Crippen molar-refractivity contribution < 1.29 is 9.53 Å². The van der Waals surface area contributed by atoms with Crippen LogP contribution < -0.4 is 4.90 Å². The first-order chi connectivity index (χ1) is 10.9. The highest BCUT2D eigenvalue weighted by atomic mass is 16.5. The fraction of sp³-hybridized carbons (Fsp3) is 0.650. The summed E-state index contributed by atoms with van der Waals surface area (Å²) in [5.41, 5.74) is 4.55. The molecule has 1 heterocycles. The van der Waals surface area contributed by atoms with Crippen LogP contribution in [0.3, 0.4) is 0 Å². The Morgan fingerprint density at radius 1 is 1.35 bits per heavy atom. The first-order valence-electron chi connectivity index (χ1n) is 8.85. The number of hydrogen-bond acceptors (Lipinski definition) is 3. The van der Waals surface area contributed by atoms with E-state index in [1.807, 2.05) is 6.92 Å². The molecule has 2 rings (SSSR count). The largest absolute Gasteiger partial charge is 0.380 e. The fourth-order valence-electron chi connectivity index (χ4n) is 3.71. The molecule has 1 aromatic carbocycles. The van der Waals surface area contributed by atoms with E-state index >= 15 is 0 Å². The van der Waals surface area contributed by atoms with Crippen molar-refractivity contribution in [3.8, 4) is 0 Å². The second-order valence-corrected chi connectivity index (χ2v) is 7.42. The number of rotatable bonds is 7. The van der Waals surface area contributed by atoms with Crippen LogP contribution in [-0.2, 0) is 4.74 Å². The number of carbonyl (C=O) groups excluding carboxylic acids is 1. The van der Waals surface area contributed by atoms with Gasteiger partial charge in [-0.3, -0.25) is 4.79 Å². The Morgan fingerprint density at radius 3 is 2.74 bits per heavy atom. The van der Waals surface area contributed by atoms with Crippen LogP contribution in [0.2, 0.25) is 0 Å². The summed E-state index contributed by atoms with van der Waals surface area (Å²) in [6.45, 7) is 13.6. The van der Waals surface area contributed by atoms with E-state index in [-0.39, 0.29) is 5.54 Å². The molecule has 1 aliphatic rings. The Balaban J connectivity index is 2.25. The molecular formula is C20H31NO2. The second-order valence-electron chi connectivity index (χ2n) is 7.42. The third-order valence-corrected chi connectivity index (χ3v) is 5.00. The van der Waals surface area contributed by atoms with Crippen molar-refractivity contribution in [3.05, 3.63) is 28.8 Å². The van der Waals surface area contributed by atoms with Gasteiger partial charge in [0.15, 0.2) is 0 Å². The monoisotopic (exact) mass is 317 g/mol. The number of fused-ring (bicyclic) bond motifs is 1. The summed E-state index contributed by atoms with van der Waals surface area (Å²) >= 11 is 0. The molecule has 0 bridgehead atoms. The Kier molecular flexibility index (Phi) is 5.85. The molecule has 0 fully saturated rings. The van der Waals surface area contributed by atoms with Gasteiger partial charge in [-0.2, -0.15) is 0 Å². The van der Waals surface area contributed by atoms with Gasteiger partial charge in [0.05, 0.1) is 6.61 Å². The molecule has 1 unspecified atom stereocenters. The minimum Gasteiger partial charge on any atom is -0.380 e. The zero-order chi connectivity index (χ0) is 17.0. The zero-order valence-electron chi connectivity index (χ0n) is 15.3. The van der Waals surface area contributed by atoms with E-state index in [1.165, 1.54) is 17.7 Å². The summed E-state index contributed by atoms with van der Waals surface area (Å²) in [5, 5.41) is 0. The first-order valence-corrected chi connectivity index (χ1v) is 8.85. The van der Waals surface area contributed by atoms with Crippen molar-refractivity contribution in [2.75, 3.05) is 24.7 Å². The average molecular weight is 317 g/mol. The van der Waals surface area contributed by atoms with E-state index in [0.717, 1.165) is 50.0 Å². The minimum atomic E-state index is 0.107. The first kappa shape index (κ1) is 18.0. The lowest BCUT2D eigenvalue weighted by Crippen LogP contribution is -2.49. The van der Waals surface area contributed by atoms with Gasteiger partial charge in [0.1, 0.15) is 6.29 Å². The number of nitrogens with zero attached hydrogens (tertiary/aromatic N) is 1. The molecule has 23 heavy (non-hydrogen) atoms. The van der Waals surface area contributed by atoms with Gasteiger partial charge in [0.25, 0.3) is 0 Å². The number of aryl methyl sites for hydroxylation is 1. The number of aldehydes is 1. The van der Waals surface area contributed by atoms with Gasteiger partial charge < -0.3 is 9.64 Å². The lowest BCUT2D eigenvalue weighted by atomic mass is 9.79. The standard InChI is InChI=1S/C20H31NO2/c1-6-7-9-23-10-8-21-19-11-15(2)17(14-22)12-18(19)16(3)13-20(21,4)5/h11-12,14,16H,6-10,13H2,1-5H3. The number of hydrogen-bond donors (Lipinski definition) is 0. The molecule has 128 valence electrons. The molecule has 3 nitrogen and oxygen atoms in total. The van der Waals surface area contributed by atoms with Gasteiger partial charge in [-0.15, -0.1) is 0 Å². The summed E-state index contributed by atoms with van der Waals surface area (Å²) in [6.07, 6.45) is 4.36. The normalized spacial score (nSPS) is 19.5. The van der Waals surface area contributed by atoms with Crippen LogP contribution in [0.1, 0.15) is 74.4 Å². The van der Waals surface area contributed by atoms with Crippen LogP contribution in [0.15, 0.2) is 12.1 Å². The smallest absolute Gasteiger partial charge is 0.150 e. The number of unbranched alkanes of at least 4 members (excludes halogenated alkanes) is 1. The highest BCUT2D eigenvalue weighted by molar-refractivity contribution is 5.80. The van der Waals surface area contributed by atoms with Crippen LogP contribution >= 0.6 is 0 Å². The molecule has 0 amide bonds. The predicted octanol–water partition coefficient (Wildman–Crippen LogP) is 4.72. The van der Waals surface area contributed by atoms with Crippen molar-refractivity contribution in [1.82, 2.24) is 0 Å². The van der Waals surface area contributed by atoms with Gasteiger partial charge in [0, 0.05) is 29.9 Å². The van der Waals surface area contributed by atoms with E-state index in [9.17, 15) is 4.79 Å². The van der Waals surface area contributed by atoms with Crippen LogP contribution in [-0.4, -0.2) is 31.6 Å². The maximum absolute atomic E-state index is 11.3. The van der Waals surface area contributed by atoms with Crippen LogP contribution in [0.4, 0.5) is 5.69 Å². The Hall–Kier alpha value is -1.35. The molecule has 1 aliphatic heterocycles. The van der Waals surface area contributed by atoms with Gasteiger partial charge in [0.2, 0.25) is 0 Å². The highest BCUT2D eigenvalue weighted by Gasteiger charge is 2.36. The minimum absolute atomic E-state index is 0.107. The number of carbonyl (C=O) groups is 1. The van der Waals surface area contributed by atoms with Gasteiger partial charge in [-0.1, -0.05) is 20.3 Å². The molecule has 0 aliphatic carbocycles. The summed E-state index contributed by atoms with van der Waals surface area (Å²) in [4.78, 5) is 13.7. The number of benzene rings is 1.